The standard InChI is InChI=1S/C19H20N2.C7H17NO3/c1-15(14-20)11-16-5-6-18-13-19(8-7-17(18)12-16)21-9-3-2-4-10-21;1-8-2-4-10-6-7-11-5-3-9/h5-8,11-13H,2-4,9-10H2,1H3;8-9H,2-7H2,1H3/b15-11-;. The Kier molecular flexibility index (Phi) is 12.4. The fourth-order valence-corrected chi connectivity index (χ4v) is 3.53. The van der Waals surface area contributed by atoms with Crippen molar-refractivity contribution in [1.82, 2.24) is 5.32 Å². The number of benzene rings is 2. The third-order valence-electron chi connectivity index (χ3n) is 5.23. The van der Waals surface area contributed by atoms with E-state index in [4.69, 9.17) is 19.8 Å². The molecule has 3 rings (SSSR count). The summed E-state index contributed by atoms with van der Waals surface area (Å²) in [6.07, 6.45) is 5.89. The van der Waals surface area contributed by atoms with Crippen LogP contribution in [0.4, 0.5) is 5.69 Å². The van der Waals surface area contributed by atoms with E-state index in [0.717, 1.165) is 17.7 Å². The Hall–Kier alpha value is -2.43. The second kappa shape index (κ2) is 15.4. The number of nitrogens with zero attached hydrogens (tertiary/aromatic N) is 2. The lowest BCUT2D eigenvalue weighted by Gasteiger charge is -2.29. The van der Waals surface area contributed by atoms with Gasteiger partial charge in [-0.05, 0) is 73.8 Å². The number of anilines is 1. The van der Waals surface area contributed by atoms with Gasteiger partial charge >= 0.3 is 0 Å². The van der Waals surface area contributed by atoms with Gasteiger partial charge in [0.15, 0.2) is 0 Å². The Morgan fingerprint density at radius 2 is 1.72 bits per heavy atom. The highest BCUT2D eigenvalue weighted by Gasteiger charge is 2.11. The van der Waals surface area contributed by atoms with E-state index in [0.29, 0.717) is 26.4 Å². The molecule has 0 unspecified atom stereocenters. The summed E-state index contributed by atoms with van der Waals surface area (Å²) in [5.41, 5.74) is 3.16. The fraction of sp³-hybridized carbons (Fsp3) is 0.500. The first-order chi connectivity index (χ1) is 15.7. The summed E-state index contributed by atoms with van der Waals surface area (Å²) < 4.78 is 10.1. The predicted molar refractivity (Wildman–Crippen MR) is 132 cm³/mol. The molecule has 0 aromatic heterocycles. The van der Waals surface area contributed by atoms with Gasteiger partial charge in [0.05, 0.1) is 39.1 Å². The number of aliphatic hydroxyl groups excluding tert-OH is 1. The summed E-state index contributed by atoms with van der Waals surface area (Å²) in [4.78, 5) is 2.48. The molecule has 2 N–H and O–H groups in total. The summed E-state index contributed by atoms with van der Waals surface area (Å²) in [5.74, 6) is 0. The Bertz CT molecular complexity index is 862. The molecular weight excluding hydrogens is 402 g/mol. The van der Waals surface area contributed by atoms with Gasteiger partial charge in [-0.2, -0.15) is 5.26 Å². The summed E-state index contributed by atoms with van der Waals surface area (Å²) in [7, 11) is 1.88. The summed E-state index contributed by atoms with van der Waals surface area (Å²) in [6.45, 7) is 7.39. The predicted octanol–water partition coefficient (Wildman–Crippen LogP) is 3.99. The van der Waals surface area contributed by atoms with Crippen LogP contribution in [0.15, 0.2) is 42.0 Å². The molecule has 0 radical (unpaired) electrons. The molecule has 32 heavy (non-hydrogen) atoms. The van der Waals surface area contributed by atoms with Crippen molar-refractivity contribution >= 4 is 22.5 Å². The van der Waals surface area contributed by atoms with E-state index < -0.39 is 0 Å². The van der Waals surface area contributed by atoms with Gasteiger partial charge in [0, 0.05) is 30.9 Å². The van der Waals surface area contributed by atoms with Gasteiger partial charge in [-0.3, -0.25) is 0 Å². The largest absolute Gasteiger partial charge is 0.394 e. The second-order valence-corrected chi connectivity index (χ2v) is 7.83. The van der Waals surface area contributed by atoms with E-state index >= 15 is 0 Å². The number of hydrogen-bond donors (Lipinski definition) is 2. The molecule has 6 nitrogen and oxygen atoms in total. The lowest BCUT2D eigenvalue weighted by Crippen LogP contribution is -2.29. The molecule has 0 atom stereocenters. The van der Waals surface area contributed by atoms with Crippen molar-refractivity contribution in [3.05, 3.63) is 47.5 Å². The number of aliphatic hydroxyl groups is 1. The molecular formula is C26H37N3O3. The van der Waals surface area contributed by atoms with E-state index in [2.05, 4.69) is 52.7 Å². The summed E-state index contributed by atoms with van der Waals surface area (Å²) in [6, 6.07) is 15.3. The average Bonchev–Trinajstić information content (AvgIpc) is 2.84. The van der Waals surface area contributed by atoms with E-state index in [9.17, 15) is 0 Å². The average molecular weight is 440 g/mol. The molecule has 0 bridgehead atoms. The smallest absolute Gasteiger partial charge is 0.0944 e. The van der Waals surface area contributed by atoms with Crippen molar-refractivity contribution in [2.45, 2.75) is 26.2 Å². The van der Waals surface area contributed by atoms with Gasteiger partial charge < -0.3 is 24.8 Å². The summed E-state index contributed by atoms with van der Waals surface area (Å²) in [5, 5.41) is 22.7. The molecule has 6 heteroatoms. The fourth-order valence-electron chi connectivity index (χ4n) is 3.53. The first-order valence-electron chi connectivity index (χ1n) is 11.5. The van der Waals surface area contributed by atoms with Crippen molar-refractivity contribution in [1.29, 1.82) is 5.26 Å². The number of rotatable bonds is 10. The van der Waals surface area contributed by atoms with Crippen LogP contribution in [0.5, 0.6) is 0 Å². The van der Waals surface area contributed by atoms with Crippen LogP contribution in [-0.2, 0) is 9.47 Å². The highest BCUT2D eigenvalue weighted by atomic mass is 16.5. The first kappa shape index (κ1) is 25.8. The number of fused-ring (bicyclic) bond motifs is 1. The summed E-state index contributed by atoms with van der Waals surface area (Å²) >= 11 is 0. The van der Waals surface area contributed by atoms with Gasteiger partial charge in [0.25, 0.3) is 0 Å². The highest BCUT2D eigenvalue weighted by Crippen LogP contribution is 2.26. The van der Waals surface area contributed by atoms with Crippen LogP contribution in [0.25, 0.3) is 16.8 Å². The van der Waals surface area contributed by atoms with Crippen molar-refractivity contribution in [3.63, 3.8) is 0 Å². The molecule has 174 valence electrons. The van der Waals surface area contributed by atoms with E-state index in [1.54, 1.807) is 0 Å². The molecule has 0 spiro atoms. The zero-order chi connectivity index (χ0) is 23.0. The monoisotopic (exact) mass is 439 g/mol. The normalized spacial score (nSPS) is 14.1. The molecule has 1 aliphatic rings. The maximum Gasteiger partial charge on any atom is 0.0944 e. The Morgan fingerprint density at radius 1 is 1.03 bits per heavy atom. The zero-order valence-corrected chi connectivity index (χ0v) is 19.5. The lowest BCUT2D eigenvalue weighted by atomic mass is 10.0. The number of ether oxygens (including phenoxy) is 2. The molecule has 0 amide bonds. The SMILES string of the molecule is C/C(C#N)=C/c1ccc2cc(N3CCCCC3)ccc2c1.CNCCOCCOCCO. The van der Waals surface area contributed by atoms with Gasteiger partial charge in [-0.25, -0.2) is 0 Å². The minimum atomic E-state index is 0.0799. The maximum atomic E-state index is 8.87. The first-order valence-corrected chi connectivity index (χ1v) is 11.5. The van der Waals surface area contributed by atoms with Crippen molar-refractivity contribution in [2.24, 2.45) is 0 Å². The molecule has 0 aliphatic carbocycles. The van der Waals surface area contributed by atoms with Crippen LogP contribution in [-0.4, -0.2) is 64.8 Å². The Labute approximate surface area is 192 Å². The number of likely N-dealkylation sites (N-methyl/N-ethyl adjacent to an activating group) is 1. The van der Waals surface area contributed by atoms with E-state index in [1.165, 1.54) is 48.8 Å². The topological polar surface area (TPSA) is 77.8 Å². The van der Waals surface area contributed by atoms with E-state index in [1.807, 2.05) is 20.0 Å². The minimum absolute atomic E-state index is 0.0799. The molecule has 1 fully saturated rings. The van der Waals surface area contributed by atoms with Gasteiger partial charge in [0.1, 0.15) is 0 Å². The van der Waals surface area contributed by atoms with E-state index in [-0.39, 0.29) is 6.61 Å². The number of nitrogens with one attached hydrogen (secondary N) is 1. The maximum absolute atomic E-state index is 8.87. The van der Waals surface area contributed by atoms with Crippen LogP contribution >= 0.6 is 0 Å². The number of piperidine rings is 1. The number of hydrogen-bond acceptors (Lipinski definition) is 6. The highest BCUT2D eigenvalue weighted by molar-refractivity contribution is 5.88. The quantitative estimate of drug-likeness (QED) is 0.431. The second-order valence-electron chi connectivity index (χ2n) is 7.83. The molecule has 0 saturated carbocycles. The van der Waals surface area contributed by atoms with Gasteiger partial charge in [-0.1, -0.05) is 18.2 Å². The molecule has 2 aromatic carbocycles. The Morgan fingerprint density at radius 3 is 2.41 bits per heavy atom. The van der Waals surface area contributed by atoms with Crippen LogP contribution in [0.1, 0.15) is 31.7 Å². The lowest BCUT2D eigenvalue weighted by molar-refractivity contribution is 0.0343. The van der Waals surface area contributed by atoms with Gasteiger partial charge in [0.2, 0.25) is 0 Å². The molecule has 2 aromatic rings. The zero-order valence-electron chi connectivity index (χ0n) is 19.5. The van der Waals surface area contributed by atoms with Crippen LogP contribution in [0.3, 0.4) is 0 Å². The Balaban J connectivity index is 0.000000282. The van der Waals surface area contributed by atoms with Crippen LogP contribution < -0.4 is 10.2 Å². The number of nitriles is 1. The molecule has 1 aliphatic heterocycles. The molecule has 1 saturated heterocycles. The van der Waals surface area contributed by atoms with Crippen molar-refractivity contribution in [2.75, 3.05) is 64.6 Å². The molecule has 1 heterocycles. The van der Waals surface area contributed by atoms with Gasteiger partial charge in [-0.15, -0.1) is 0 Å². The third kappa shape index (κ3) is 9.37. The third-order valence-corrected chi connectivity index (χ3v) is 5.23. The van der Waals surface area contributed by atoms with Crippen molar-refractivity contribution < 1.29 is 14.6 Å². The van der Waals surface area contributed by atoms with Crippen molar-refractivity contribution in [3.8, 4) is 6.07 Å². The number of allylic oxidation sites excluding steroid dienone is 1. The van der Waals surface area contributed by atoms with Crippen LogP contribution in [0.2, 0.25) is 0 Å². The van der Waals surface area contributed by atoms with Crippen LogP contribution in [0, 0.1) is 11.3 Å². The minimum Gasteiger partial charge on any atom is -0.394 e.